The van der Waals surface area contributed by atoms with Crippen molar-refractivity contribution in [2.45, 2.75) is 83.1 Å². The van der Waals surface area contributed by atoms with Crippen molar-refractivity contribution in [3.63, 3.8) is 0 Å². The average molecular weight is 646 g/mol. The fraction of sp³-hybridized carbons (Fsp3) is 0.432. The van der Waals surface area contributed by atoms with E-state index in [9.17, 15) is 19.5 Å². The van der Waals surface area contributed by atoms with Gasteiger partial charge in [-0.25, -0.2) is 0 Å². The number of unbranched alkanes of at least 4 members (excludes halogenated alkanes) is 3. The number of fused-ring (bicyclic) bond motifs is 1. The van der Waals surface area contributed by atoms with Crippen LogP contribution in [0.3, 0.4) is 0 Å². The van der Waals surface area contributed by atoms with Gasteiger partial charge >= 0.3 is 11.9 Å². The van der Waals surface area contributed by atoms with Gasteiger partial charge in [-0.15, -0.1) is 0 Å². The molecule has 3 aromatic carbocycles. The lowest BCUT2D eigenvalue weighted by Crippen LogP contribution is -2.39. The third-order valence-corrected chi connectivity index (χ3v) is 8.54. The molecule has 0 aromatic heterocycles. The summed E-state index contributed by atoms with van der Waals surface area (Å²) in [6, 6.07) is 17.4. The number of aryl methyl sites for hydroxylation is 1. The highest BCUT2D eigenvalue weighted by molar-refractivity contribution is 5.96. The molecular weight excluding hydrogens is 602 g/mol. The molecule has 1 heterocycles. The Hall–Kier alpha value is -4.73. The Kier molecular flexibility index (Phi) is 12.0. The molecule has 10 heteroatoms. The molecule has 0 atom stereocenters. The first-order valence-electron chi connectivity index (χ1n) is 16.5. The summed E-state index contributed by atoms with van der Waals surface area (Å²) in [5.74, 6) is 0.815. The van der Waals surface area contributed by atoms with Crippen LogP contribution in [0.1, 0.15) is 85.7 Å². The molecule has 1 fully saturated rings. The quantitative estimate of drug-likeness (QED) is 0.120. The first kappa shape index (κ1) is 33.6. The van der Waals surface area contributed by atoms with E-state index in [1.807, 2.05) is 48.5 Å². The molecular formula is C37H43NO9. The van der Waals surface area contributed by atoms with Crippen molar-refractivity contribution < 1.29 is 43.5 Å². The molecule has 1 amide bonds. The maximum atomic E-state index is 13.1. The van der Waals surface area contributed by atoms with E-state index in [4.69, 9.17) is 24.1 Å². The zero-order valence-electron chi connectivity index (χ0n) is 26.6. The largest absolute Gasteiger partial charge is 0.494 e. The van der Waals surface area contributed by atoms with Crippen LogP contribution in [0.2, 0.25) is 0 Å². The van der Waals surface area contributed by atoms with Crippen LogP contribution in [0.15, 0.2) is 54.6 Å². The normalized spacial score (nSPS) is 13.5. The summed E-state index contributed by atoms with van der Waals surface area (Å²) in [7, 11) is 0. The predicted octanol–water partition coefficient (Wildman–Crippen LogP) is 6.81. The second kappa shape index (κ2) is 16.7. The van der Waals surface area contributed by atoms with Crippen molar-refractivity contribution in [2.24, 2.45) is 0 Å². The van der Waals surface area contributed by atoms with Gasteiger partial charge in [-0.3, -0.25) is 14.4 Å². The number of aliphatic carboxylic acids is 2. The zero-order valence-corrected chi connectivity index (χ0v) is 26.6. The fourth-order valence-corrected chi connectivity index (χ4v) is 5.74. The highest BCUT2D eigenvalue weighted by atomic mass is 16.7. The lowest BCUT2D eigenvalue weighted by molar-refractivity contribution is -0.138. The summed E-state index contributed by atoms with van der Waals surface area (Å²) < 4.78 is 23.0. The van der Waals surface area contributed by atoms with Crippen LogP contribution >= 0.6 is 0 Å². The Morgan fingerprint density at radius 3 is 2.34 bits per heavy atom. The zero-order chi connectivity index (χ0) is 33.0. The molecule has 1 aliphatic carbocycles. The molecule has 3 aromatic rings. The number of amides is 1. The van der Waals surface area contributed by atoms with Crippen molar-refractivity contribution in [3.05, 3.63) is 71.3 Å². The predicted molar refractivity (Wildman–Crippen MR) is 176 cm³/mol. The van der Waals surface area contributed by atoms with Gasteiger partial charge < -0.3 is 34.5 Å². The maximum Gasteiger partial charge on any atom is 0.303 e. The number of rotatable bonds is 19. The number of nitrogens with one attached hydrogen (secondary N) is 1. The highest BCUT2D eigenvalue weighted by Gasteiger charge is 2.21. The summed E-state index contributed by atoms with van der Waals surface area (Å²) in [5.41, 5.74) is 4.29. The van der Waals surface area contributed by atoms with E-state index in [1.165, 1.54) is 0 Å². The van der Waals surface area contributed by atoms with Crippen LogP contribution in [-0.2, 0) is 22.4 Å². The molecule has 0 bridgehead atoms. The molecule has 0 spiro atoms. The topological polar surface area (TPSA) is 141 Å². The number of hydrogen-bond acceptors (Lipinski definition) is 7. The van der Waals surface area contributed by atoms with E-state index < -0.39 is 11.9 Å². The minimum atomic E-state index is -0.871. The number of ether oxygens (including phenoxy) is 4. The molecule has 1 aliphatic heterocycles. The van der Waals surface area contributed by atoms with Crippen LogP contribution in [-0.4, -0.2) is 54.1 Å². The van der Waals surface area contributed by atoms with Crippen molar-refractivity contribution >= 4 is 17.8 Å². The van der Waals surface area contributed by atoms with Crippen LogP contribution < -0.4 is 24.3 Å². The van der Waals surface area contributed by atoms with Gasteiger partial charge in [-0.1, -0.05) is 31.0 Å². The standard InChI is InChI=1S/C37H43NO9/c39-35(40)13-7-19-45-32-12-5-9-25(31(32)15-17-36(41)42)8-3-1-2-4-18-44-30-21-27(26-14-16-33-34(23-26)47-24-46-33)20-28(22-30)37(43)38-29-10-6-11-29/h5,9,12,14,16,20-23,29H,1-4,6-8,10-11,13,15,17-19,24H2,(H,38,43)(H,39,40)(H,41,42). The van der Waals surface area contributed by atoms with Crippen molar-refractivity contribution in [1.82, 2.24) is 5.32 Å². The SMILES string of the molecule is O=C(O)CCCOc1cccc(CCCCCCOc2cc(C(=O)NC3CCC3)cc(-c3ccc4c(c3)OCO4)c2)c1CCC(=O)O. The first-order chi connectivity index (χ1) is 22.9. The summed E-state index contributed by atoms with van der Waals surface area (Å²) in [6.45, 7) is 0.972. The van der Waals surface area contributed by atoms with Crippen LogP contribution in [0, 0.1) is 0 Å². The monoisotopic (exact) mass is 645 g/mol. The third-order valence-electron chi connectivity index (χ3n) is 8.54. The van der Waals surface area contributed by atoms with E-state index in [-0.39, 0.29) is 38.2 Å². The summed E-state index contributed by atoms with van der Waals surface area (Å²) in [5, 5.41) is 21.3. The van der Waals surface area contributed by atoms with E-state index in [2.05, 4.69) is 5.32 Å². The van der Waals surface area contributed by atoms with Gasteiger partial charge in [0.2, 0.25) is 6.79 Å². The Labute approximate surface area is 275 Å². The maximum absolute atomic E-state index is 13.1. The lowest BCUT2D eigenvalue weighted by Gasteiger charge is -2.26. The number of carbonyl (C=O) groups is 3. The van der Waals surface area contributed by atoms with Crippen LogP contribution in [0.25, 0.3) is 11.1 Å². The fourth-order valence-electron chi connectivity index (χ4n) is 5.74. The minimum absolute atomic E-state index is 0.000338. The number of hydrogen-bond donors (Lipinski definition) is 3. The van der Waals surface area contributed by atoms with Gasteiger partial charge in [0.1, 0.15) is 11.5 Å². The Balaban J connectivity index is 1.14. The molecule has 0 unspecified atom stereocenters. The first-order valence-corrected chi connectivity index (χ1v) is 16.5. The minimum Gasteiger partial charge on any atom is -0.494 e. The average Bonchev–Trinajstić information content (AvgIpc) is 3.51. The van der Waals surface area contributed by atoms with Crippen LogP contribution in [0.5, 0.6) is 23.0 Å². The summed E-state index contributed by atoms with van der Waals surface area (Å²) >= 11 is 0. The molecule has 2 aliphatic rings. The summed E-state index contributed by atoms with van der Waals surface area (Å²) in [4.78, 5) is 35.2. The Morgan fingerprint density at radius 1 is 0.766 bits per heavy atom. The molecule has 47 heavy (non-hydrogen) atoms. The number of carboxylic acid groups (broad SMARTS) is 2. The van der Waals surface area contributed by atoms with Crippen molar-refractivity contribution in [1.29, 1.82) is 0 Å². The van der Waals surface area contributed by atoms with E-state index in [0.717, 1.165) is 73.6 Å². The molecule has 250 valence electrons. The molecule has 0 radical (unpaired) electrons. The highest BCUT2D eigenvalue weighted by Crippen LogP contribution is 2.37. The number of carboxylic acids is 2. The van der Waals surface area contributed by atoms with Crippen molar-refractivity contribution in [3.8, 4) is 34.1 Å². The van der Waals surface area contributed by atoms with Gasteiger partial charge in [0.15, 0.2) is 11.5 Å². The summed E-state index contributed by atoms with van der Waals surface area (Å²) in [6.07, 6.45) is 8.41. The smallest absolute Gasteiger partial charge is 0.303 e. The molecule has 1 saturated carbocycles. The van der Waals surface area contributed by atoms with E-state index >= 15 is 0 Å². The van der Waals surface area contributed by atoms with Gasteiger partial charge in [0, 0.05) is 24.4 Å². The molecule has 0 saturated heterocycles. The van der Waals surface area contributed by atoms with Crippen molar-refractivity contribution in [2.75, 3.05) is 20.0 Å². The van der Waals surface area contributed by atoms with E-state index in [1.54, 1.807) is 6.07 Å². The lowest BCUT2D eigenvalue weighted by atomic mass is 9.92. The molecule has 5 rings (SSSR count). The van der Waals surface area contributed by atoms with Gasteiger partial charge in [0.25, 0.3) is 5.91 Å². The molecule has 3 N–H and O–H groups in total. The Bertz CT molecular complexity index is 1550. The third kappa shape index (κ3) is 9.88. The van der Waals surface area contributed by atoms with Gasteiger partial charge in [-0.05, 0) is 110 Å². The van der Waals surface area contributed by atoms with E-state index in [0.29, 0.717) is 48.0 Å². The number of benzene rings is 3. The Morgan fingerprint density at radius 2 is 1.55 bits per heavy atom. The van der Waals surface area contributed by atoms with Gasteiger partial charge in [-0.2, -0.15) is 0 Å². The number of carbonyl (C=O) groups excluding carboxylic acids is 1. The second-order valence-corrected chi connectivity index (χ2v) is 12.1. The second-order valence-electron chi connectivity index (χ2n) is 12.1. The van der Waals surface area contributed by atoms with Gasteiger partial charge in [0.05, 0.1) is 13.2 Å². The molecule has 10 nitrogen and oxygen atoms in total. The van der Waals surface area contributed by atoms with Crippen LogP contribution in [0.4, 0.5) is 0 Å².